The van der Waals surface area contributed by atoms with E-state index in [4.69, 9.17) is 0 Å². The normalized spacial score (nSPS) is 22.1. The van der Waals surface area contributed by atoms with Gasteiger partial charge in [-0.3, -0.25) is 9.69 Å². The highest BCUT2D eigenvalue weighted by atomic mass is 32.2. The summed E-state index contributed by atoms with van der Waals surface area (Å²) in [6.45, 7) is 0.0766. The fourth-order valence-corrected chi connectivity index (χ4v) is 4.70. The van der Waals surface area contributed by atoms with Crippen molar-refractivity contribution < 1.29 is 17.6 Å². The van der Waals surface area contributed by atoms with E-state index in [0.717, 1.165) is 19.3 Å². The Morgan fingerprint density at radius 1 is 1.35 bits per heavy atom. The number of nitrogens with one attached hydrogen (secondary N) is 1. The van der Waals surface area contributed by atoms with Gasteiger partial charge in [-0.15, -0.1) is 0 Å². The molecule has 1 saturated carbocycles. The van der Waals surface area contributed by atoms with Crippen molar-refractivity contribution in [3.8, 4) is 0 Å². The molecule has 1 aliphatic carbocycles. The lowest BCUT2D eigenvalue weighted by molar-refractivity contribution is -0.117. The lowest BCUT2D eigenvalue weighted by Crippen LogP contribution is -2.49. The van der Waals surface area contributed by atoms with Crippen molar-refractivity contribution in [2.24, 2.45) is 0 Å². The predicted molar refractivity (Wildman–Crippen MR) is 88.5 cm³/mol. The van der Waals surface area contributed by atoms with Crippen molar-refractivity contribution in [2.75, 3.05) is 25.2 Å². The molecule has 1 N–H and O–H groups in total. The van der Waals surface area contributed by atoms with Crippen LogP contribution in [0.1, 0.15) is 25.7 Å². The number of nitrogens with zero attached hydrogens (tertiary/aromatic N) is 1. The maximum atomic E-state index is 13.1. The zero-order valence-corrected chi connectivity index (χ0v) is 14.3. The second-order valence-corrected chi connectivity index (χ2v) is 8.46. The third kappa shape index (κ3) is 5.00. The topological polar surface area (TPSA) is 66.5 Å². The van der Waals surface area contributed by atoms with Crippen LogP contribution in [0.25, 0.3) is 0 Å². The monoisotopic (exact) mass is 342 g/mol. The number of benzene rings is 1. The van der Waals surface area contributed by atoms with Crippen molar-refractivity contribution in [2.45, 2.75) is 37.0 Å². The summed E-state index contributed by atoms with van der Waals surface area (Å²) in [4.78, 5) is 13.9. The highest BCUT2D eigenvalue weighted by Crippen LogP contribution is 2.27. The van der Waals surface area contributed by atoms with Crippen LogP contribution < -0.4 is 5.32 Å². The van der Waals surface area contributed by atoms with Gasteiger partial charge in [0, 0.05) is 18.0 Å². The maximum absolute atomic E-state index is 13.1. The van der Waals surface area contributed by atoms with Gasteiger partial charge in [0.05, 0.1) is 11.8 Å². The molecule has 128 valence electrons. The second-order valence-electron chi connectivity index (χ2n) is 6.19. The van der Waals surface area contributed by atoms with E-state index in [1.165, 1.54) is 24.5 Å². The summed E-state index contributed by atoms with van der Waals surface area (Å²) >= 11 is 0. The molecule has 1 fully saturated rings. The summed E-state index contributed by atoms with van der Waals surface area (Å²) in [6.07, 6.45) is 4.53. The Hall–Kier alpha value is -1.47. The maximum Gasteiger partial charge on any atom is 0.238 e. The standard InChI is InChI=1S/C16H23FN2O3S/c1-19(14-8-3-4-9-15(14)23(2,21)22)11-16(20)18-13-7-5-6-12(17)10-13/h5-7,10,14-15H,3-4,8-9,11H2,1-2H3,(H,18,20)/t14-,15-/m1/s1. The number of carbonyl (C=O) groups excluding carboxylic acids is 1. The molecule has 23 heavy (non-hydrogen) atoms. The molecule has 5 nitrogen and oxygen atoms in total. The number of carbonyl (C=O) groups is 1. The Bertz CT molecular complexity index is 663. The van der Waals surface area contributed by atoms with Crippen molar-refractivity contribution in [3.63, 3.8) is 0 Å². The lowest BCUT2D eigenvalue weighted by Gasteiger charge is -2.36. The largest absolute Gasteiger partial charge is 0.325 e. The highest BCUT2D eigenvalue weighted by Gasteiger charge is 2.35. The molecule has 0 aromatic heterocycles. The molecule has 0 spiro atoms. The smallest absolute Gasteiger partial charge is 0.238 e. The number of sulfone groups is 1. The molecule has 1 aromatic rings. The average molecular weight is 342 g/mol. The molecule has 0 bridgehead atoms. The lowest BCUT2D eigenvalue weighted by atomic mass is 9.94. The number of halogens is 1. The van der Waals surface area contributed by atoms with Crippen LogP contribution in [-0.2, 0) is 14.6 Å². The number of anilines is 1. The number of rotatable bonds is 5. The molecule has 2 rings (SSSR count). The quantitative estimate of drug-likeness (QED) is 0.889. The van der Waals surface area contributed by atoms with E-state index < -0.39 is 20.9 Å². The summed E-state index contributed by atoms with van der Waals surface area (Å²) in [6, 6.07) is 5.53. The van der Waals surface area contributed by atoms with Gasteiger partial charge < -0.3 is 5.32 Å². The number of hydrogen-bond acceptors (Lipinski definition) is 4. The fourth-order valence-electron chi connectivity index (χ4n) is 3.19. The van der Waals surface area contributed by atoms with E-state index in [1.807, 2.05) is 0 Å². The SMILES string of the molecule is CN(CC(=O)Nc1cccc(F)c1)[C@@H]1CCCC[C@H]1S(C)(=O)=O. The fraction of sp³-hybridized carbons (Fsp3) is 0.562. The molecule has 1 aliphatic rings. The minimum absolute atomic E-state index is 0.0766. The van der Waals surface area contributed by atoms with Crippen molar-refractivity contribution >= 4 is 21.4 Å². The van der Waals surface area contributed by atoms with E-state index in [0.29, 0.717) is 12.1 Å². The molecule has 0 aliphatic heterocycles. The van der Waals surface area contributed by atoms with Crippen LogP contribution in [0.2, 0.25) is 0 Å². The minimum Gasteiger partial charge on any atom is -0.325 e. The second kappa shape index (κ2) is 7.40. The van der Waals surface area contributed by atoms with Gasteiger partial charge in [-0.1, -0.05) is 18.9 Å². The highest BCUT2D eigenvalue weighted by molar-refractivity contribution is 7.91. The molecular formula is C16H23FN2O3S. The van der Waals surface area contributed by atoms with Gasteiger partial charge in [0.2, 0.25) is 5.91 Å². The Balaban J connectivity index is 1.99. The minimum atomic E-state index is -3.14. The zero-order valence-electron chi connectivity index (χ0n) is 13.5. The van der Waals surface area contributed by atoms with Crippen LogP contribution in [-0.4, -0.2) is 50.4 Å². The Kier molecular flexibility index (Phi) is 5.75. The van der Waals surface area contributed by atoms with Gasteiger partial charge in [-0.2, -0.15) is 0 Å². The summed E-state index contributed by atoms with van der Waals surface area (Å²) in [5.41, 5.74) is 0.395. The van der Waals surface area contributed by atoms with E-state index >= 15 is 0 Å². The Morgan fingerprint density at radius 3 is 2.70 bits per heavy atom. The van der Waals surface area contributed by atoms with Gasteiger partial charge in [0.1, 0.15) is 5.82 Å². The number of amides is 1. The van der Waals surface area contributed by atoms with Crippen LogP contribution in [0.15, 0.2) is 24.3 Å². The summed E-state index contributed by atoms with van der Waals surface area (Å²) in [5, 5.41) is 2.21. The van der Waals surface area contributed by atoms with E-state index in [-0.39, 0.29) is 18.5 Å². The summed E-state index contributed by atoms with van der Waals surface area (Å²) in [7, 11) is -1.38. The average Bonchev–Trinajstić information content (AvgIpc) is 2.46. The third-order valence-corrected chi connectivity index (χ3v) is 5.93. The summed E-state index contributed by atoms with van der Waals surface area (Å²) in [5.74, 6) is -0.698. The van der Waals surface area contributed by atoms with E-state index in [2.05, 4.69) is 5.32 Å². The van der Waals surface area contributed by atoms with E-state index in [1.54, 1.807) is 18.0 Å². The van der Waals surface area contributed by atoms with Gasteiger partial charge in [0.15, 0.2) is 9.84 Å². The van der Waals surface area contributed by atoms with Gasteiger partial charge in [-0.25, -0.2) is 12.8 Å². The molecule has 0 unspecified atom stereocenters. The van der Waals surface area contributed by atoms with Crippen molar-refractivity contribution in [3.05, 3.63) is 30.1 Å². The zero-order chi connectivity index (χ0) is 17.0. The molecule has 0 radical (unpaired) electrons. The first kappa shape index (κ1) is 17.9. The first-order valence-electron chi connectivity index (χ1n) is 7.72. The first-order chi connectivity index (χ1) is 10.8. The molecule has 1 aromatic carbocycles. The number of likely N-dealkylation sites (N-methyl/N-ethyl adjacent to an activating group) is 1. The predicted octanol–water partition coefficient (Wildman–Crippen LogP) is 2.05. The molecular weight excluding hydrogens is 319 g/mol. The van der Waals surface area contributed by atoms with Crippen LogP contribution in [0.5, 0.6) is 0 Å². The van der Waals surface area contributed by atoms with E-state index in [9.17, 15) is 17.6 Å². The van der Waals surface area contributed by atoms with Gasteiger partial charge in [-0.05, 0) is 38.1 Å². The third-order valence-electron chi connectivity index (χ3n) is 4.29. The van der Waals surface area contributed by atoms with Gasteiger partial charge in [0.25, 0.3) is 0 Å². The number of hydrogen-bond donors (Lipinski definition) is 1. The molecule has 0 heterocycles. The van der Waals surface area contributed by atoms with Crippen molar-refractivity contribution in [1.29, 1.82) is 0 Å². The first-order valence-corrected chi connectivity index (χ1v) is 9.67. The van der Waals surface area contributed by atoms with Crippen LogP contribution in [0.3, 0.4) is 0 Å². The van der Waals surface area contributed by atoms with Crippen molar-refractivity contribution in [1.82, 2.24) is 4.90 Å². The molecule has 1 amide bonds. The van der Waals surface area contributed by atoms with Gasteiger partial charge >= 0.3 is 0 Å². The Morgan fingerprint density at radius 2 is 2.04 bits per heavy atom. The molecule has 2 atom stereocenters. The van der Waals surface area contributed by atoms with Crippen LogP contribution in [0.4, 0.5) is 10.1 Å². The van der Waals surface area contributed by atoms with Crippen LogP contribution >= 0.6 is 0 Å². The van der Waals surface area contributed by atoms with Crippen LogP contribution in [0, 0.1) is 5.82 Å². The summed E-state index contributed by atoms with van der Waals surface area (Å²) < 4.78 is 37.0. The molecule has 7 heteroatoms. The Labute approximate surface area is 136 Å². The molecule has 0 saturated heterocycles.